The van der Waals surface area contributed by atoms with E-state index in [1.165, 1.54) is 10.9 Å². The van der Waals surface area contributed by atoms with Crippen LogP contribution in [-0.4, -0.2) is 9.97 Å². The summed E-state index contributed by atoms with van der Waals surface area (Å²) >= 11 is 1.58. The zero-order chi connectivity index (χ0) is 13.9. The number of thiazole rings is 1. The summed E-state index contributed by atoms with van der Waals surface area (Å²) in [5, 5.41) is 3.83. The van der Waals surface area contributed by atoms with Crippen LogP contribution in [0.5, 0.6) is 0 Å². The number of aryl methyl sites for hydroxylation is 1. The normalized spacial score (nSPS) is 11.6. The maximum Gasteiger partial charge on any atom is 0.417 e. The molecule has 0 atom stereocenters. The molecule has 1 N–H and O–H groups in total. The van der Waals surface area contributed by atoms with Crippen molar-refractivity contribution in [1.82, 2.24) is 9.97 Å². The molecule has 3 nitrogen and oxygen atoms in total. The van der Waals surface area contributed by atoms with Crippen molar-refractivity contribution in [2.45, 2.75) is 26.1 Å². The first-order valence-electron chi connectivity index (χ1n) is 5.69. The largest absolute Gasteiger partial charge is 0.417 e. The van der Waals surface area contributed by atoms with Crippen LogP contribution >= 0.6 is 11.3 Å². The number of nitrogens with one attached hydrogen (secondary N) is 1. The van der Waals surface area contributed by atoms with Crippen LogP contribution < -0.4 is 5.32 Å². The van der Waals surface area contributed by atoms with Gasteiger partial charge in [0.15, 0.2) is 0 Å². The lowest BCUT2D eigenvalue weighted by Crippen LogP contribution is -2.07. The fourth-order valence-corrected chi connectivity index (χ4v) is 2.23. The summed E-state index contributed by atoms with van der Waals surface area (Å²) < 4.78 is 37.0. The number of hydrogen-bond acceptors (Lipinski definition) is 4. The molecule has 0 unspecified atom stereocenters. The summed E-state index contributed by atoms with van der Waals surface area (Å²) in [5.74, 6) is 0.404. The van der Waals surface area contributed by atoms with Crippen LogP contribution in [-0.2, 0) is 19.1 Å². The van der Waals surface area contributed by atoms with Crippen molar-refractivity contribution >= 4 is 17.2 Å². The van der Waals surface area contributed by atoms with Crippen LogP contribution in [0.25, 0.3) is 0 Å². The lowest BCUT2D eigenvalue weighted by atomic mass is 10.3. The number of hydrogen-bond donors (Lipinski definition) is 1. The second kappa shape index (κ2) is 5.56. The van der Waals surface area contributed by atoms with E-state index in [1.54, 1.807) is 11.3 Å². The summed E-state index contributed by atoms with van der Waals surface area (Å²) in [6.07, 6.45) is -0.795. The first kappa shape index (κ1) is 13.8. The van der Waals surface area contributed by atoms with Crippen LogP contribution in [0.3, 0.4) is 0 Å². The Kier molecular flexibility index (Phi) is 4.04. The molecule has 0 aliphatic rings. The van der Waals surface area contributed by atoms with Gasteiger partial charge in [-0.25, -0.2) is 9.97 Å². The van der Waals surface area contributed by atoms with Crippen LogP contribution in [0.1, 0.15) is 22.4 Å². The molecule has 7 heteroatoms. The quantitative estimate of drug-likeness (QED) is 0.931. The van der Waals surface area contributed by atoms with Gasteiger partial charge in [-0.05, 0) is 18.6 Å². The summed E-state index contributed by atoms with van der Waals surface area (Å²) in [7, 11) is 0. The Hall–Kier alpha value is -1.63. The molecule has 2 aromatic rings. The topological polar surface area (TPSA) is 37.8 Å². The van der Waals surface area contributed by atoms with Gasteiger partial charge in [0.05, 0.1) is 12.1 Å². The number of anilines is 1. The van der Waals surface area contributed by atoms with Crippen LogP contribution in [0.15, 0.2) is 24.5 Å². The highest BCUT2D eigenvalue weighted by atomic mass is 32.1. The lowest BCUT2D eigenvalue weighted by Gasteiger charge is -2.07. The van der Waals surface area contributed by atoms with Crippen molar-refractivity contribution in [2.75, 3.05) is 5.32 Å². The predicted octanol–water partition coefficient (Wildman–Crippen LogP) is 3.73. The highest BCUT2D eigenvalue weighted by Gasteiger charge is 2.30. The highest BCUT2D eigenvalue weighted by Crippen LogP contribution is 2.28. The van der Waals surface area contributed by atoms with E-state index in [4.69, 9.17) is 0 Å². The molecule has 2 rings (SSSR count). The van der Waals surface area contributed by atoms with Gasteiger partial charge >= 0.3 is 6.18 Å². The van der Waals surface area contributed by atoms with E-state index in [0.717, 1.165) is 23.7 Å². The maximum atomic E-state index is 12.3. The molecule has 19 heavy (non-hydrogen) atoms. The number of pyridine rings is 1. The van der Waals surface area contributed by atoms with E-state index in [9.17, 15) is 13.2 Å². The summed E-state index contributed by atoms with van der Waals surface area (Å²) in [6, 6.07) is 2.33. The van der Waals surface area contributed by atoms with E-state index in [0.29, 0.717) is 12.4 Å². The second-order valence-corrected chi connectivity index (χ2v) is 5.06. The average molecular weight is 287 g/mol. The Morgan fingerprint density at radius 3 is 2.53 bits per heavy atom. The standard InChI is InChI=1S/C12H12F3N3S/c1-2-9-6-18-11(19-9)7-17-10-4-3-8(5-16-10)12(13,14)15/h3-6H,2,7H2,1H3,(H,16,17). The number of rotatable bonds is 4. The molecule has 0 saturated heterocycles. The minimum Gasteiger partial charge on any atom is -0.364 e. The molecular weight excluding hydrogens is 275 g/mol. The Labute approximate surface area is 112 Å². The lowest BCUT2D eigenvalue weighted by molar-refractivity contribution is -0.137. The van der Waals surface area contributed by atoms with Gasteiger partial charge in [0.2, 0.25) is 0 Å². The molecular formula is C12H12F3N3S. The van der Waals surface area contributed by atoms with E-state index < -0.39 is 11.7 Å². The van der Waals surface area contributed by atoms with Gasteiger partial charge in [0.25, 0.3) is 0 Å². The number of aromatic nitrogens is 2. The number of alkyl halides is 3. The summed E-state index contributed by atoms with van der Waals surface area (Å²) in [6.45, 7) is 2.51. The van der Waals surface area contributed by atoms with Gasteiger partial charge in [0.1, 0.15) is 10.8 Å². The minimum absolute atomic E-state index is 0.404. The van der Waals surface area contributed by atoms with E-state index in [2.05, 4.69) is 15.3 Å². The first-order chi connectivity index (χ1) is 8.99. The third kappa shape index (κ3) is 3.66. The third-order valence-electron chi connectivity index (χ3n) is 2.46. The van der Waals surface area contributed by atoms with Crippen molar-refractivity contribution in [3.05, 3.63) is 40.0 Å². The van der Waals surface area contributed by atoms with Gasteiger partial charge < -0.3 is 5.32 Å². The molecule has 2 heterocycles. The van der Waals surface area contributed by atoms with E-state index >= 15 is 0 Å². The van der Waals surface area contributed by atoms with Crippen LogP contribution in [0.4, 0.5) is 19.0 Å². The van der Waals surface area contributed by atoms with Crippen molar-refractivity contribution in [3.63, 3.8) is 0 Å². The fourth-order valence-electron chi connectivity index (χ4n) is 1.43. The smallest absolute Gasteiger partial charge is 0.364 e. The predicted molar refractivity (Wildman–Crippen MR) is 68.1 cm³/mol. The van der Waals surface area contributed by atoms with Gasteiger partial charge in [-0.15, -0.1) is 11.3 Å². The van der Waals surface area contributed by atoms with E-state index in [-0.39, 0.29) is 0 Å². The van der Waals surface area contributed by atoms with Crippen LogP contribution in [0.2, 0.25) is 0 Å². The van der Waals surface area contributed by atoms with Crippen LogP contribution in [0, 0.1) is 0 Å². The van der Waals surface area contributed by atoms with Gasteiger partial charge in [-0.1, -0.05) is 6.92 Å². The zero-order valence-corrected chi connectivity index (χ0v) is 11.0. The zero-order valence-electron chi connectivity index (χ0n) is 10.2. The van der Waals surface area contributed by atoms with Crippen molar-refractivity contribution in [2.24, 2.45) is 0 Å². The molecule has 0 saturated carbocycles. The Morgan fingerprint density at radius 2 is 2.00 bits per heavy atom. The summed E-state index contributed by atoms with van der Waals surface area (Å²) in [5.41, 5.74) is -0.749. The average Bonchev–Trinajstić information content (AvgIpc) is 2.84. The Bertz CT molecular complexity index is 534. The fraction of sp³-hybridized carbons (Fsp3) is 0.333. The first-order valence-corrected chi connectivity index (χ1v) is 6.51. The Balaban J connectivity index is 1.96. The molecule has 0 spiro atoms. The molecule has 0 amide bonds. The summed E-state index contributed by atoms with van der Waals surface area (Å²) in [4.78, 5) is 9.12. The van der Waals surface area contributed by atoms with Gasteiger partial charge in [-0.3, -0.25) is 0 Å². The molecule has 0 aromatic carbocycles. The molecule has 0 aliphatic carbocycles. The van der Waals surface area contributed by atoms with Crippen molar-refractivity contribution in [3.8, 4) is 0 Å². The van der Waals surface area contributed by atoms with Crippen molar-refractivity contribution in [1.29, 1.82) is 0 Å². The number of halogens is 3. The van der Waals surface area contributed by atoms with Gasteiger partial charge in [0, 0.05) is 17.3 Å². The van der Waals surface area contributed by atoms with E-state index in [1.807, 2.05) is 13.1 Å². The third-order valence-corrected chi connectivity index (χ3v) is 3.60. The monoisotopic (exact) mass is 287 g/mol. The van der Waals surface area contributed by atoms with Crippen molar-refractivity contribution < 1.29 is 13.2 Å². The SMILES string of the molecule is CCc1cnc(CNc2ccc(C(F)(F)F)cn2)s1. The van der Waals surface area contributed by atoms with Gasteiger partial charge in [-0.2, -0.15) is 13.2 Å². The molecule has 0 aliphatic heterocycles. The molecule has 0 radical (unpaired) electrons. The Morgan fingerprint density at radius 1 is 1.21 bits per heavy atom. The molecule has 0 bridgehead atoms. The second-order valence-electron chi connectivity index (χ2n) is 3.86. The maximum absolute atomic E-state index is 12.3. The minimum atomic E-state index is -4.35. The highest BCUT2D eigenvalue weighted by molar-refractivity contribution is 7.11. The number of nitrogens with zero attached hydrogens (tertiary/aromatic N) is 2. The molecule has 2 aromatic heterocycles. The molecule has 0 fully saturated rings. The molecule has 102 valence electrons.